The minimum absolute atomic E-state index is 0.159. The number of fused-ring (bicyclic) bond motifs is 5. The summed E-state index contributed by atoms with van der Waals surface area (Å²) in [6, 6.07) is 42.7. The predicted octanol–water partition coefficient (Wildman–Crippen LogP) is 11.7. The average Bonchev–Trinajstić information content (AvgIpc) is 3.62. The minimum atomic E-state index is -1.09. The van der Waals surface area contributed by atoms with Crippen LogP contribution in [-0.2, 0) is 0 Å². The summed E-state index contributed by atoms with van der Waals surface area (Å²) in [5.41, 5.74) is 5.74. The van der Waals surface area contributed by atoms with Crippen LogP contribution >= 0.6 is 0 Å². The van der Waals surface area contributed by atoms with E-state index in [2.05, 4.69) is 72.8 Å². The zero-order valence-electron chi connectivity index (χ0n) is 29.2. The normalized spacial score (nSPS) is 12.1. The molecule has 7 N–H and O–H groups in total. The Balaban J connectivity index is 1.18. The summed E-state index contributed by atoms with van der Waals surface area (Å²) in [6.07, 6.45) is 0. The average molecular weight is 733 g/mol. The van der Waals surface area contributed by atoms with E-state index in [0.29, 0.717) is 10.9 Å². The topological polar surface area (TPSA) is 155 Å². The monoisotopic (exact) mass is 732 g/mol. The molecule has 11 rings (SSSR count). The highest BCUT2D eigenvalue weighted by molar-refractivity contribution is 6.30. The molecule has 1 aromatic heterocycles. The van der Waals surface area contributed by atoms with Crippen LogP contribution in [0.1, 0.15) is 0 Å². The van der Waals surface area contributed by atoms with Gasteiger partial charge in [-0.3, -0.25) is 0 Å². The zero-order valence-corrected chi connectivity index (χ0v) is 29.2. The van der Waals surface area contributed by atoms with Crippen molar-refractivity contribution in [1.29, 1.82) is 0 Å². The Morgan fingerprint density at radius 1 is 0.321 bits per heavy atom. The van der Waals surface area contributed by atoms with Crippen LogP contribution in [0.3, 0.4) is 0 Å². The van der Waals surface area contributed by atoms with Crippen molar-refractivity contribution in [3.8, 4) is 73.6 Å². The van der Waals surface area contributed by atoms with Gasteiger partial charge < -0.3 is 40.2 Å². The third-order valence-corrected chi connectivity index (χ3v) is 11.4. The summed E-state index contributed by atoms with van der Waals surface area (Å²) in [5, 5.41) is 84.2. The van der Waals surface area contributed by atoms with Crippen LogP contribution < -0.4 is 0 Å². The molecule has 0 amide bonds. The maximum atomic E-state index is 11.3. The molecular weight excluding hydrogens is 705 g/mol. The second-order valence-corrected chi connectivity index (χ2v) is 14.2. The number of phenols is 7. The van der Waals surface area contributed by atoms with Crippen LogP contribution in [0.2, 0.25) is 0 Å². The Hall–Kier alpha value is -7.84. The molecule has 10 aromatic carbocycles. The van der Waals surface area contributed by atoms with Gasteiger partial charge in [0.15, 0.2) is 23.0 Å². The number of rotatable bonds is 3. The Bertz CT molecular complexity index is 3500. The summed E-state index contributed by atoms with van der Waals surface area (Å²) in [4.78, 5) is 0. The van der Waals surface area contributed by atoms with E-state index in [1.54, 1.807) is 6.07 Å². The van der Waals surface area contributed by atoms with Gasteiger partial charge in [-0.1, -0.05) is 115 Å². The van der Waals surface area contributed by atoms with Gasteiger partial charge in [0.05, 0.1) is 5.39 Å². The highest BCUT2D eigenvalue weighted by Gasteiger charge is 2.30. The van der Waals surface area contributed by atoms with Crippen LogP contribution in [0.15, 0.2) is 132 Å². The first-order valence-corrected chi connectivity index (χ1v) is 17.9. The molecule has 0 fully saturated rings. The summed E-state index contributed by atoms with van der Waals surface area (Å²) in [7, 11) is 0. The van der Waals surface area contributed by atoms with Crippen molar-refractivity contribution in [3.05, 3.63) is 127 Å². The van der Waals surface area contributed by atoms with Gasteiger partial charge in [0.1, 0.15) is 11.2 Å². The number of hydrogen-bond acceptors (Lipinski definition) is 8. The number of hydrogen-bond donors (Lipinski definition) is 7. The van der Waals surface area contributed by atoms with Crippen molar-refractivity contribution in [2.45, 2.75) is 0 Å². The molecule has 11 aromatic rings. The molecular formula is C48H28O8. The quantitative estimate of drug-likeness (QED) is 0.0538. The third-order valence-electron chi connectivity index (χ3n) is 11.4. The van der Waals surface area contributed by atoms with E-state index < -0.39 is 45.6 Å². The first-order valence-electron chi connectivity index (χ1n) is 17.9. The van der Waals surface area contributed by atoms with Gasteiger partial charge in [-0.2, -0.15) is 0 Å². The number of aromatic hydroxyl groups is 7. The molecule has 1 heterocycles. The van der Waals surface area contributed by atoms with Crippen molar-refractivity contribution in [1.82, 2.24) is 0 Å². The van der Waals surface area contributed by atoms with Crippen LogP contribution in [0.4, 0.5) is 0 Å². The second kappa shape index (κ2) is 11.1. The number of phenolic OH excluding ortho intramolecular Hbond substituents is 7. The van der Waals surface area contributed by atoms with Crippen LogP contribution in [0.5, 0.6) is 40.2 Å². The van der Waals surface area contributed by atoms with E-state index in [0.717, 1.165) is 76.5 Å². The van der Waals surface area contributed by atoms with Crippen molar-refractivity contribution in [2.75, 3.05) is 0 Å². The molecule has 8 heteroatoms. The molecule has 0 aliphatic heterocycles. The molecule has 0 unspecified atom stereocenters. The first-order chi connectivity index (χ1) is 27.2. The van der Waals surface area contributed by atoms with Crippen LogP contribution in [0, 0.1) is 0 Å². The number of furan rings is 1. The Kier molecular flexibility index (Phi) is 6.27. The van der Waals surface area contributed by atoms with E-state index in [9.17, 15) is 35.7 Å². The fourth-order valence-corrected chi connectivity index (χ4v) is 8.81. The van der Waals surface area contributed by atoms with Gasteiger partial charge in [-0.05, 0) is 77.5 Å². The summed E-state index contributed by atoms with van der Waals surface area (Å²) in [6.45, 7) is 0. The molecule has 0 radical (unpaired) electrons. The maximum absolute atomic E-state index is 11.3. The standard InChI is InChI=1S/C48H28O8/c49-41-38(39-40(43(51)45(41)53)44(52)47(55)46(54)42(39)50)32-20-16-24-14-18-30-28(17-13-23-15-19-31(32)36(24)35(23)30)29-8-4-10-34-37(29)33-9-3-7-27(48(33)56-34)26-12-11-22-5-1-2-6-25(22)21-26/h1-21,49-55H. The molecule has 268 valence electrons. The second-order valence-electron chi connectivity index (χ2n) is 14.2. The third kappa shape index (κ3) is 4.07. The van der Waals surface area contributed by atoms with Gasteiger partial charge in [0, 0.05) is 27.3 Å². The highest BCUT2D eigenvalue weighted by Crippen LogP contribution is 2.60. The molecule has 0 saturated heterocycles. The Labute approximate surface area is 316 Å². The highest BCUT2D eigenvalue weighted by atomic mass is 16.4. The van der Waals surface area contributed by atoms with Gasteiger partial charge in [0.2, 0.25) is 17.2 Å². The lowest BCUT2D eigenvalue weighted by molar-refractivity contribution is 0.347. The van der Waals surface area contributed by atoms with E-state index in [-0.39, 0.29) is 10.9 Å². The molecule has 0 atom stereocenters. The van der Waals surface area contributed by atoms with Crippen molar-refractivity contribution in [3.63, 3.8) is 0 Å². The Morgan fingerprint density at radius 3 is 1.62 bits per heavy atom. The molecule has 0 spiro atoms. The van der Waals surface area contributed by atoms with Gasteiger partial charge >= 0.3 is 0 Å². The molecule has 56 heavy (non-hydrogen) atoms. The van der Waals surface area contributed by atoms with E-state index in [1.807, 2.05) is 48.5 Å². The lowest BCUT2D eigenvalue weighted by Crippen LogP contribution is -1.92. The smallest absolute Gasteiger partial charge is 0.205 e. The lowest BCUT2D eigenvalue weighted by Gasteiger charge is -2.20. The molecule has 0 aliphatic rings. The van der Waals surface area contributed by atoms with E-state index in [4.69, 9.17) is 4.42 Å². The van der Waals surface area contributed by atoms with Gasteiger partial charge in [-0.15, -0.1) is 0 Å². The minimum Gasteiger partial charge on any atom is -0.504 e. The molecule has 0 aliphatic carbocycles. The van der Waals surface area contributed by atoms with Gasteiger partial charge in [-0.25, -0.2) is 0 Å². The summed E-state index contributed by atoms with van der Waals surface area (Å²) < 4.78 is 6.67. The van der Waals surface area contributed by atoms with Crippen molar-refractivity contribution >= 4 is 75.8 Å². The van der Waals surface area contributed by atoms with Crippen molar-refractivity contribution < 1.29 is 40.2 Å². The number of para-hydroxylation sites is 1. The molecule has 8 nitrogen and oxygen atoms in total. The van der Waals surface area contributed by atoms with E-state index >= 15 is 0 Å². The maximum Gasteiger partial charge on any atom is 0.205 e. The fourth-order valence-electron chi connectivity index (χ4n) is 8.81. The van der Waals surface area contributed by atoms with Crippen LogP contribution in [0.25, 0.3) is 109 Å². The first kappa shape index (κ1) is 31.7. The van der Waals surface area contributed by atoms with Crippen molar-refractivity contribution in [2.24, 2.45) is 0 Å². The summed E-state index contributed by atoms with van der Waals surface area (Å²) in [5.74, 6) is -6.73. The van der Waals surface area contributed by atoms with Gasteiger partial charge in [0.25, 0.3) is 0 Å². The largest absolute Gasteiger partial charge is 0.504 e. The van der Waals surface area contributed by atoms with Crippen LogP contribution in [-0.4, -0.2) is 35.7 Å². The Morgan fingerprint density at radius 2 is 0.893 bits per heavy atom. The summed E-state index contributed by atoms with van der Waals surface area (Å²) >= 11 is 0. The van der Waals surface area contributed by atoms with E-state index in [1.165, 1.54) is 5.39 Å². The lowest BCUT2D eigenvalue weighted by atomic mass is 9.85. The SMILES string of the molecule is Oc1c(O)c(O)c2c(-c3ccc4ccc5c(-c6cccc7oc8c(-c9ccc%10ccccc%10c9)cccc8c67)ccc6ccc3c4c65)c(O)c(O)c(O)c2c1O. The number of benzene rings is 10. The molecule has 0 bridgehead atoms. The predicted molar refractivity (Wildman–Crippen MR) is 220 cm³/mol. The molecule has 0 saturated carbocycles. The zero-order chi connectivity index (χ0) is 38.1. The fraction of sp³-hybridized carbons (Fsp3) is 0.